The number of unbranched alkanes of at least 4 members (excludes halogenated alkanes) is 1. The topological polar surface area (TPSA) is 66.0 Å². The van der Waals surface area contributed by atoms with Gasteiger partial charge in [-0.3, -0.25) is 9.79 Å². The number of amides is 1. The van der Waals surface area contributed by atoms with Crippen molar-refractivity contribution in [2.24, 2.45) is 4.99 Å². The maximum absolute atomic E-state index is 11.9. The Balaban J connectivity index is 0.00000420. The maximum atomic E-state index is 11.9. The number of rotatable bonds is 9. The number of nitrogens with one attached hydrogen (secondary N) is 2. The van der Waals surface area contributed by atoms with Gasteiger partial charge in [0.15, 0.2) is 5.96 Å². The Morgan fingerprint density at radius 2 is 1.69 bits per heavy atom. The summed E-state index contributed by atoms with van der Waals surface area (Å²) < 4.78 is 5.69. The van der Waals surface area contributed by atoms with E-state index in [0.717, 1.165) is 36.7 Å². The molecule has 0 heterocycles. The lowest BCUT2D eigenvalue weighted by Crippen LogP contribution is -2.37. The summed E-state index contributed by atoms with van der Waals surface area (Å²) >= 11 is 0. The quantitative estimate of drug-likeness (QED) is 0.235. The molecule has 0 spiro atoms. The zero-order chi connectivity index (χ0) is 20.2. The molecule has 7 heteroatoms. The molecular formula is C22H31IN4O2. The highest BCUT2D eigenvalue weighted by molar-refractivity contribution is 14.0. The number of halogens is 1. The van der Waals surface area contributed by atoms with E-state index in [1.54, 1.807) is 26.0 Å². The second-order valence-corrected chi connectivity index (χ2v) is 6.62. The number of aliphatic imine (C=N–C) groups is 1. The normalized spacial score (nSPS) is 10.7. The Labute approximate surface area is 190 Å². The van der Waals surface area contributed by atoms with Gasteiger partial charge >= 0.3 is 0 Å². The molecule has 0 aliphatic heterocycles. The third-order valence-electron chi connectivity index (χ3n) is 4.17. The van der Waals surface area contributed by atoms with Crippen molar-refractivity contribution in [3.05, 3.63) is 65.7 Å². The van der Waals surface area contributed by atoms with Crippen molar-refractivity contribution in [2.45, 2.75) is 19.4 Å². The fourth-order valence-corrected chi connectivity index (χ4v) is 2.57. The smallest absolute Gasteiger partial charge is 0.253 e. The van der Waals surface area contributed by atoms with E-state index in [1.165, 1.54) is 0 Å². The summed E-state index contributed by atoms with van der Waals surface area (Å²) in [6, 6.07) is 17.5. The van der Waals surface area contributed by atoms with Gasteiger partial charge in [-0.2, -0.15) is 0 Å². The van der Waals surface area contributed by atoms with Crippen molar-refractivity contribution >= 4 is 35.8 Å². The molecule has 0 saturated heterocycles. The van der Waals surface area contributed by atoms with E-state index in [-0.39, 0.29) is 29.9 Å². The van der Waals surface area contributed by atoms with Crippen molar-refractivity contribution in [3.63, 3.8) is 0 Å². The molecule has 0 unspecified atom stereocenters. The van der Waals surface area contributed by atoms with Gasteiger partial charge in [0.05, 0.1) is 6.61 Å². The van der Waals surface area contributed by atoms with E-state index in [2.05, 4.69) is 15.6 Å². The summed E-state index contributed by atoms with van der Waals surface area (Å²) in [5.74, 6) is 1.68. The van der Waals surface area contributed by atoms with E-state index in [0.29, 0.717) is 18.7 Å². The third kappa shape index (κ3) is 9.17. The average molecular weight is 510 g/mol. The Bertz CT molecular complexity index is 749. The predicted octanol–water partition coefficient (Wildman–Crippen LogP) is 3.53. The van der Waals surface area contributed by atoms with Crippen molar-refractivity contribution in [1.29, 1.82) is 0 Å². The zero-order valence-electron chi connectivity index (χ0n) is 17.4. The van der Waals surface area contributed by atoms with Gasteiger partial charge in [0.2, 0.25) is 0 Å². The number of guanidine groups is 1. The maximum Gasteiger partial charge on any atom is 0.253 e. The van der Waals surface area contributed by atoms with Crippen LogP contribution in [0.25, 0.3) is 0 Å². The van der Waals surface area contributed by atoms with Crippen molar-refractivity contribution < 1.29 is 9.53 Å². The lowest BCUT2D eigenvalue weighted by Gasteiger charge is -2.13. The first-order chi connectivity index (χ1) is 13.6. The van der Waals surface area contributed by atoms with Crippen LogP contribution in [-0.4, -0.2) is 51.1 Å². The highest BCUT2D eigenvalue weighted by atomic mass is 127. The number of nitrogens with zero attached hydrogens (tertiary/aromatic N) is 2. The molecule has 2 rings (SSSR count). The summed E-state index contributed by atoms with van der Waals surface area (Å²) in [7, 11) is 5.26. The van der Waals surface area contributed by atoms with Gasteiger partial charge in [-0.1, -0.05) is 30.3 Å². The fourth-order valence-electron chi connectivity index (χ4n) is 2.57. The van der Waals surface area contributed by atoms with E-state index in [1.807, 2.05) is 54.6 Å². The molecule has 0 saturated carbocycles. The molecule has 0 aliphatic carbocycles. The average Bonchev–Trinajstić information content (AvgIpc) is 2.73. The van der Waals surface area contributed by atoms with Gasteiger partial charge in [-0.15, -0.1) is 24.0 Å². The van der Waals surface area contributed by atoms with Crippen LogP contribution in [0.1, 0.15) is 28.8 Å². The minimum absolute atomic E-state index is 0. The number of carbonyl (C=O) groups excluding carboxylic acids is 1. The lowest BCUT2D eigenvalue weighted by molar-refractivity contribution is 0.0827. The molecule has 0 aromatic heterocycles. The van der Waals surface area contributed by atoms with Crippen LogP contribution in [0.15, 0.2) is 59.6 Å². The molecule has 2 aromatic rings. The predicted molar refractivity (Wildman–Crippen MR) is 129 cm³/mol. The third-order valence-corrected chi connectivity index (χ3v) is 4.17. The monoisotopic (exact) mass is 510 g/mol. The SMILES string of the molecule is CN=C(NCCCCOc1ccccc1)NCc1ccc(C(=O)N(C)C)cc1.I. The fraction of sp³-hybridized carbons (Fsp3) is 0.364. The molecule has 0 radical (unpaired) electrons. The molecule has 0 bridgehead atoms. The van der Waals surface area contributed by atoms with Crippen molar-refractivity contribution in [1.82, 2.24) is 15.5 Å². The molecular weight excluding hydrogens is 479 g/mol. The molecule has 29 heavy (non-hydrogen) atoms. The lowest BCUT2D eigenvalue weighted by atomic mass is 10.1. The second-order valence-electron chi connectivity index (χ2n) is 6.62. The van der Waals surface area contributed by atoms with Crippen LogP contribution >= 0.6 is 24.0 Å². The van der Waals surface area contributed by atoms with Crippen LogP contribution in [0.5, 0.6) is 5.75 Å². The minimum Gasteiger partial charge on any atom is -0.494 e. The first-order valence-electron chi connectivity index (χ1n) is 9.53. The standard InChI is InChI=1S/C22H30N4O2.HI/c1-23-22(24-15-7-8-16-28-20-9-5-4-6-10-20)25-17-18-11-13-19(14-12-18)21(27)26(2)3;/h4-6,9-14H,7-8,15-17H2,1-3H3,(H2,23,24,25);1H. The molecule has 0 aliphatic rings. The van der Waals surface area contributed by atoms with E-state index in [4.69, 9.17) is 4.74 Å². The van der Waals surface area contributed by atoms with Gasteiger partial charge in [0.1, 0.15) is 5.75 Å². The summed E-state index contributed by atoms with van der Waals surface area (Å²) in [5.41, 5.74) is 1.78. The van der Waals surface area contributed by atoms with E-state index < -0.39 is 0 Å². The Morgan fingerprint density at radius 1 is 1.00 bits per heavy atom. The molecule has 0 atom stereocenters. The summed E-state index contributed by atoms with van der Waals surface area (Å²) in [6.07, 6.45) is 1.97. The number of ether oxygens (including phenoxy) is 1. The van der Waals surface area contributed by atoms with Crippen LogP contribution in [0.2, 0.25) is 0 Å². The van der Waals surface area contributed by atoms with Crippen molar-refractivity contribution in [3.8, 4) is 5.75 Å². The highest BCUT2D eigenvalue weighted by Gasteiger charge is 2.07. The van der Waals surface area contributed by atoms with Gasteiger partial charge in [-0.05, 0) is 42.7 Å². The van der Waals surface area contributed by atoms with Gasteiger partial charge in [0, 0.05) is 39.8 Å². The van der Waals surface area contributed by atoms with Crippen LogP contribution in [0.3, 0.4) is 0 Å². The number of para-hydroxylation sites is 1. The number of carbonyl (C=O) groups is 1. The largest absolute Gasteiger partial charge is 0.494 e. The van der Waals surface area contributed by atoms with E-state index >= 15 is 0 Å². The molecule has 1 amide bonds. The minimum atomic E-state index is 0. The molecule has 2 aromatic carbocycles. The van der Waals surface area contributed by atoms with Crippen LogP contribution < -0.4 is 15.4 Å². The Kier molecular flexibility index (Phi) is 11.8. The van der Waals surface area contributed by atoms with Crippen LogP contribution in [0.4, 0.5) is 0 Å². The van der Waals surface area contributed by atoms with E-state index in [9.17, 15) is 4.79 Å². The van der Waals surface area contributed by atoms with Gasteiger partial charge < -0.3 is 20.3 Å². The van der Waals surface area contributed by atoms with Crippen LogP contribution in [0, 0.1) is 0 Å². The van der Waals surface area contributed by atoms with Crippen molar-refractivity contribution in [2.75, 3.05) is 34.3 Å². The summed E-state index contributed by atoms with van der Waals surface area (Å²) in [4.78, 5) is 17.7. The first kappa shape index (κ1) is 24.7. The molecule has 2 N–H and O–H groups in total. The molecule has 0 fully saturated rings. The zero-order valence-corrected chi connectivity index (χ0v) is 19.7. The Morgan fingerprint density at radius 3 is 2.31 bits per heavy atom. The molecule has 6 nitrogen and oxygen atoms in total. The molecule has 158 valence electrons. The Hall–Kier alpha value is -2.29. The van der Waals surface area contributed by atoms with Crippen LogP contribution in [-0.2, 0) is 6.54 Å². The first-order valence-corrected chi connectivity index (χ1v) is 9.53. The van der Waals surface area contributed by atoms with Gasteiger partial charge in [-0.25, -0.2) is 0 Å². The number of hydrogen-bond acceptors (Lipinski definition) is 3. The number of benzene rings is 2. The van der Waals surface area contributed by atoms with Gasteiger partial charge in [0.25, 0.3) is 5.91 Å². The highest BCUT2D eigenvalue weighted by Crippen LogP contribution is 2.09. The number of hydrogen-bond donors (Lipinski definition) is 2. The second kappa shape index (κ2) is 13.8. The summed E-state index contributed by atoms with van der Waals surface area (Å²) in [5, 5.41) is 6.59. The summed E-state index contributed by atoms with van der Waals surface area (Å²) in [6.45, 7) is 2.18.